The van der Waals surface area contributed by atoms with Gasteiger partial charge in [-0.15, -0.1) is 0 Å². The monoisotopic (exact) mass is 278 g/mol. The van der Waals surface area contributed by atoms with E-state index in [2.05, 4.69) is 44.8 Å². The molecule has 0 aliphatic carbocycles. The maximum Gasteiger partial charge on any atom is 0.125 e. The lowest BCUT2D eigenvalue weighted by molar-refractivity contribution is 0.293. The molecule has 20 heavy (non-hydrogen) atoms. The molecule has 0 radical (unpaired) electrons. The number of halogens is 1. The molecule has 0 aromatic heterocycles. The van der Waals surface area contributed by atoms with E-state index in [1.807, 2.05) is 6.07 Å². The fourth-order valence-corrected chi connectivity index (χ4v) is 2.66. The number of fused-ring (bicyclic) bond motifs is 1. The summed E-state index contributed by atoms with van der Waals surface area (Å²) in [5.41, 5.74) is 2.63. The quantitative estimate of drug-likeness (QED) is 0.905. The summed E-state index contributed by atoms with van der Waals surface area (Å²) in [6.07, 6.45) is 1.03. The number of hydrogen-bond donors (Lipinski definition) is 1. The number of rotatable bonds is 4. The zero-order chi connectivity index (χ0) is 15.0. The SMILES string of the molecule is CC(C)(CNC(C)(C)C)CN1CCc2ccc(F)cc21. The highest BCUT2D eigenvalue weighted by Gasteiger charge is 2.27. The van der Waals surface area contributed by atoms with Gasteiger partial charge in [0.1, 0.15) is 5.82 Å². The molecule has 0 bridgehead atoms. The number of nitrogens with zero attached hydrogens (tertiary/aromatic N) is 1. The van der Waals surface area contributed by atoms with Crippen molar-refractivity contribution in [2.75, 3.05) is 24.5 Å². The zero-order valence-corrected chi connectivity index (χ0v) is 13.4. The Balaban J connectivity index is 2.03. The molecule has 0 spiro atoms. The van der Waals surface area contributed by atoms with Gasteiger partial charge in [-0.1, -0.05) is 19.9 Å². The molecule has 0 unspecified atom stereocenters. The van der Waals surface area contributed by atoms with Crippen LogP contribution in [0.1, 0.15) is 40.2 Å². The highest BCUT2D eigenvalue weighted by Crippen LogP contribution is 2.31. The Labute approximate surface area is 122 Å². The van der Waals surface area contributed by atoms with E-state index in [-0.39, 0.29) is 16.8 Å². The highest BCUT2D eigenvalue weighted by molar-refractivity contribution is 5.58. The maximum atomic E-state index is 13.4. The number of anilines is 1. The Bertz CT molecular complexity index is 474. The van der Waals surface area contributed by atoms with Crippen LogP contribution in [-0.4, -0.2) is 25.2 Å². The standard InChI is InChI=1S/C17H27FN2/c1-16(2,3)19-11-17(4,5)12-20-9-8-13-6-7-14(18)10-15(13)20/h6-7,10,19H,8-9,11-12H2,1-5H3. The van der Waals surface area contributed by atoms with Gasteiger partial charge in [0.15, 0.2) is 0 Å². The summed E-state index contributed by atoms with van der Waals surface area (Å²) >= 11 is 0. The van der Waals surface area contributed by atoms with Gasteiger partial charge < -0.3 is 10.2 Å². The van der Waals surface area contributed by atoms with Gasteiger partial charge in [-0.3, -0.25) is 0 Å². The average molecular weight is 278 g/mol. The van der Waals surface area contributed by atoms with Crippen LogP contribution in [0.5, 0.6) is 0 Å². The molecule has 2 nitrogen and oxygen atoms in total. The average Bonchev–Trinajstić information content (AvgIpc) is 2.68. The first-order valence-corrected chi connectivity index (χ1v) is 7.45. The van der Waals surface area contributed by atoms with Gasteiger partial charge >= 0.3 is 0 Å². The Kier molecular flexibility index (Phi) is 4.10. The molecule has 1 N–H and O–H groups in total. The lowest BCUT2D eigenvalue weighted by atomic mass is 9.91. The lowest BCUT2D eigenvalue weighted by Gasteiger charge is -2.34. The van der Waals surface area contributed by atoms with Crippen molar-refractivity contribution >= 4 is 5.69 Å². The third kappa shape index (κ3) is 3.95. The summed E-state index contributed by atoms with van der Waals surface area (Å²) in [6, 6.07) is 5.16. The minimum Gasteiger partial charge on any atom is -0.370 e. The van der Waals surface area contributed by atoms with Crippen molar-refractivity contribution in [2.24, 2.45) is 5.41 Å². The predicted molar refractivity (Wildman–Crippen MR) is 83.9 cm³/mol. The van der Waals surface area contributed by atoms with E-state index >= 15 is 0 Å². The predicted octanol–water partition coefficient (Wildman–Crippen LogP) is 3.60. The molecule has 0 fully saturated rings. The molecule has 112 valence electrons. The van der Waals surface area contributed by atoms with Crippen molar-refractivity contribution in [1.82, 2.24) is 5.32 Å². The van der Waals surface area contributed by atoms with Crippen LogP contribution in [0.3, 0.4) is 0 Å². The summed E-state index contributed by atoms with van der Waals surface area (Å²) in [6.45, 7) is 14.0. The van der Waals surface area contributed by atoms with E-state index in [9.17, 15) is 4.39 Å². The molecule has 0 amide bonds. The first-order chi connectivity index (χ1) is 9.16. The molecule has 1 aliphatic heterocycles. The van der Waals surface area contributed by atoms with Crippen molar-refractivity contribution in [2.45, 2.75) is 46.6 Å². The van der Waals surface area contributed by atoms with Crippen molar-refractivity contribution in [3.05, 3.63) is 29.6 Å². The second-order valence-corrected chi connectivity index (χ2v) is 7.71. The van der Waals surface area contributed by atoms with Crippen molar-refractivity contribution in [3.63, 3.8) is 0 Å². The molecular weight excluding hydrogens is 251 g/mol. The molecule has 1 heterocycles. The minimum atomic E-state index is -0.138. The lowest BCUT2D eigenvalue weighted by Crippen LogP contribution is -2.46. The van der Waals surface area contributed by atoms with E-state index < -0.39 is 0 Å². The number of hydrogen-bond acceptors (Lipinski definition) is 2. The van der Waals surface area contributed by atoms with Crippen molar-refractivity contribution in [1.29, 1.82) is 0 Å². The maximum absolute atomic E-state index is 13.4. The van der Waals surface area contributed by atoms with E-state index in [0.717, 1.165) is 31.7 Å². The molecule has 2 rings (SSSR count). The number of nitrogens with one attached hydrogen (secondary N) is 1. The van der Waals surface area contributed by atoms with Crippen LogP contribution < -0.4 is 10.2 Å². The molecule has 1 aliphatic rings. The highest BCUT2D eigenvalue weighted by atomic mass is 19.1. The fourth-order valence-electron chi connectivity index (χ4n) is 2.66. The van der Waals surface area contributed by atoms with Crippen LogP contribution in [0.4, 0.5) is 10.1 Å². The van der Waals surface area contributed by atoms with Crippen molar-refractivity contribution in [3.8, 4) is 0 Å². The second kappa shape index (κ2) is 5.36. The van der Waals surface area contributed by atoms with Gasteiger partial charge in [0.25, 0.3) is 0 Å². The molecule has 1 aromatic carbocycles. The smallest absolute Gasteiger partial charge is 0.125 e. The van der Waals surface area contributed by atoms with Gasteiger partial charge in [-0.25, -0.2) is 4.39 Å². The molecule has 0 atom stereocenters. The largest absolute Gasteiger partial charge is 0.370 e. The topological polar surface area (TPSA) is 15.3 Å². The second-order valence-electron chi connectivity index (χ2n) is 7.71. The Hall–Kier alpha value is -1.09. The van der Waals surface area contributed by atoms with Gasteiger partial charge in [-0.2, -0.15) is 0 Å². The van der Waals surface area contributed by atoms with Crippen molar-refractivity contribution < 1.29 is 4.39 Å². The van der Waals surface area contributed by atoms with Crippen LogP contribution in [0.15, 0.2) is 18.2 Å². The van der Waals surface area contributed by atoms with Crippen LogP contribution in [-0.2, 0) is 6.42 Å². The summed E-state index contributed by atoms with van der Waals surface area (Å²) in [7, 11) is 0. The first kappa shape index (κ1) is 15.3. The first-order valence-electron chi connectivity index (χ1n) is 7.45. The normalized spacial score (nSPS) is 15.6. The van der Waals surface area contributed by atoms with Gasteiger partial charge in [-0.05, 0) is 50.3 Å². The fraction of sp³-hybridized carbons (Fsp3) is 0.647. The van der Waals surface area contributed by atoms with Crippen LogP contribution in [0.25, 0.3) is 0 Å². The van der Waals surface area contributed by atoms with Crippen LogP contribution in [0.2, 0.25) is 0 Å². The summed E-state index contributed by atoms with van der Waals surface area (Å²) in [5, 5.41) is 3.57. The van der Waals surface area contributed by atoms with E-state index in [0.29, 0.717) is 0 Å². The molecule has 0 saturated carbocycles. The Morgan fingerprint density at radius 2 is 1.90 bits per heavy atom. The summed E-state index contributed by atoms with van der Waals surface area (Å²) in [5.74, 6) is -0.138. The molecule has 3 heteroatoms. The molecule has 1 aromatic rings. The Morgan fingerprint density at radius 3 is 2.55 bits per heavy atom. The third-order valence-corrected chi connectivity index (χ3v) is 3.76. The van der Waals surface area contributed by atoms with Gasteiger partial charge in [0, 0.05) is 30.9 Å². The van der Waals surface area contributed by atoms with E-state index in [4.69, 9.17) is 0 Å². The zero-order valence-electron chi connectivity index (χ0n) is 13.4. The van der Waals surface area contributed by atoms with E-state index in [1.165, 1.54) is 5.56 Å². The summed E-state index contributed by atoms with van der Waals surface area (Å²) in [4.78, 5) is 2.32. The van der Waals surface area contributed by atoms with Crippen LogP contribution >= 0.6 is 0 Å². The summed E-state index contributed by atoms with van der Waals surface area (Å²) < 4.78 is 13.4. The Morgan fingerprint density at radius 1 is 1.20 bits per heavy atom. The third-order valence-electron chi connectivity index (χ3n) is 3.76. The molecule has 0 saturated heterocycles. The van der Waals surface area contributed by atoms with Gasteiger partial charge in [0.05, 0.1) is 0 Å². The molecular formula is C17H27FN2. The number of benzene rings is 1. The minimum absolute atomic E-state index is 0.131. The van der Waals surface area contributed by atoms with Crippen LogP contribution in [0, 0.1) is 11.2 Å². The van der Waals surface area contributed by atoms with Gasteiger partial charge in [0.2, 0.25) is 0 Å². The van der Waals surface area contributed by atoms with E-state index in [1.54, 1.807) is 12.1 Å².